The Morgan fingerprint density at radius 2 is 1.92 bits per heavy atom. The first-order valence-electron chi connectivity index (χ1n) is 9.45. The van der Waals surface area contributed by atoms with Gasteiger partial charge in [-0.3, -0.25) is 0 Å². The van der Waals surface area contributed by atoms with Crippen molar-refractivity contribution in [2.75, 3.05) is 0 Å². The molecule has 0 spiro atoms. The molecule has 0 aromatic heterocycles. The highest BCUT2D eigenvalue weighted by molar-refractivity contribution is 5.86. The quantitative estimate of drug-likeness (QED) is 0.668. The van der Waals surface area contributed by atoms with Crippen LogP contribution in [0.15, 0.2) is 11.6 Å². The minimum Gasteiger partial charge on any atom is -0.426 e. The highest BCUT2D eigenvalue weighted by Crippen LogP contribution is 2.66. The maximum atomic E-state index is 11.8. The molecule has 0 radical (unpaired) electrons. The number of rotatable bonds is 0. The molecule has 4 nitrogen and oxygen atoms in total. The normalized spacial score (nSPS) is 52.7. The molecule has 7 atom stereocenters. The zero-order valence-electron chi connectivity index (χ0n) is 15.2. The maximum Gasteiger partial charge on any atom is 0.333 e. The summed E-state index contributed by atoms with van der Waals surface area (Å²) in [5.41, 5.74) is 0.725. The second kappa shape index (κ2) is 4.85. The number of hydrogen-bond donors (Lipinski definition) is 2. The van der Waals surface area contributed by atoms with Gasteiger partial charge in [0.2, 0.25) is 5.79 Å². The Morgan fingerprint density at radius 3 is 2.62 bits per heavy atom. The van der Waals surface area contributed by atoms with Gasteiger partial charge in [0.1, 0.15) is 0 Å². The third-order valence-corrected chi connectivity index (χ3v) is 8.20. The maximum absolute atomic E-state index is 11.8. The van der Waals surface area contributed by atoms with Gasteiger partial charge in [-0.15, -0.1) is 0 Å². The average Bonchev–Trinajstić information content (AvgIpc) is 2.79. The Balaban J connectivity index is 1.77. The van der Waals surface area contributed by atoms with Crippen molar-refractivity contribution in [1.82, 2.24) is 0 Å². The van der Waals surface area contributed by atoms with Crippen LogP contribution < -0.4 is 0 Å². The molecule has 2 N–H and O–H groups in total. The van der Waals surface area contributed by atoms with E-state index in [1.54, 1.807) is 0 Å². The highest BCUT2D eigenvalue weighted by Gasteiger charge is 2.64. The zero-order valence-corrected chi connectivity index (χ0v) is 15.2. The van der Waals surface area contributed by atoms with Crippen LogP contribution in [-0.2, 0) is 9.53 Å². The van der Waals surface area contributed by atoms with Gasteiger partial charge in [0, 0.05) is 23.5 Å². The molecule has 4 aliphatic rings. The van der Waals surface area contributed by atoms with Gasteiger partial charge >= 0.3 is 5.97 Å². The lowest BCUT2D eigenvalue weighted by molar-refractivity contribution is -0.236. The summed E-state index contributed by atoms with van der Waals surface area (Å²) in [4.78, 5) is 11.8. The van der Waals surface area contributed by atoms with E-state index in [-0.39, 0.29) is 28.8 Å². The van der Waals surface area contributed by atoms with Crippen molar-refractivity contribution in [3.63, 3.8) is 0 Å². The molecule has 0 aromatic rings. The molecule has 0 saturated heterocycles. The van der Waals surface area contributed by atoms with Crippen LogP contribution in [0.3, 0.4) is 0 Å². The van der Waals surface area contributed by atoms with Crippen LogP contribution in [0.25, 0.3) is 0 Å². The lowest BCUT2D eigenvalue weighted by atomic mass is 9.42. The van der Waals surface area contributed by atoms with E-state index in [1.807, 2.05) is 0 Å². The summed E-state index contributed by atoms with van der Waals surface area (Å²) in [6.45, 7) is 8.98. The SMILES string of the molecule is C[C@H]1C2=CC(=O)O[C@]2(O)C[C@@H]2[C@H]1CC[C@@H]1C(C)(C)CC[C@H](O)[C@]21C. The van der Waals surface area contributed by atoms with Gasteiger partial charge in [-0.25, -0.2) is 4.79 Å². The second-order valence-corrected chi connectivity index (χ2v) is 9.61. The molecule has 3 saturated carbocycles. The predicted octanol–water partition coefficient (Wildman–Crippen LogP) is 3.03. The van der Waals surface area contributed by atoms with E-state index in [2.05, 4.69) is 27.7 Å². The molecule has 3 aliphatic carbocycles. The summed E-state index contributed by atoms with van der Waals surface area (Å²) in [5, 5.41) is 22.0. The summed E-state index contributed by atoms with van der Waals surface area (Å²) >= 11 is 0. The van der Waals surface area contributed by atoms with E-state index < -0.39 is 11.8 Å². The fourth-order valence-corrected chi connectivity index (χ4v) is 6.94. The molecular weight excluding hydrogens is 304 g/mol. The van der Waals surface area contributed by atoms with Crippen LogP contribution in [0.5, 0.6) is 0 Å². The topological polar surface area (TPSA) is 66.8 Å². The van der Waals surface area contributed by atoms with Crippen LogP contribution in [-0.4, -0.2) is 28.1 Å². The van der Waals surface area contributed by atoms with Crippen LogP contribution >= 0.6 is 0 Å². The Bertz CT molecular complexity index is 609. The third-order valence-electron chi connectivity index (χ3n) is 8.20. The Hall–Kier alpha value is -0.870. The molecule has 0 aromatic carbocycles. The Morgan fingerprint density at radius 1 is 1.21 bits per heavy atom. The zero-order chi connectivity index (χ0) is 17.5. The largest absolute Gasteiger partial charge is 0.426 e. The molecule has 3 fully saturated rings. The molecule has 0 unspecified atom stereocenters. The number of esters is 1. The number of carbonyl (C=O) groups is 1. The fraction of sp³-hybridized carbons (Fsp3) is 0.850. The van der Waals surface area contributed by atoms with Crippen molar-refractivity contribution in [3.05, 3.63) is 11.6 Å². The average molecular weight is 334 g/mol. The van der Waals surface area contributed by atoms with Gasteiger partial charge in [-0.1, -0.05) is 27.7 Å². The van der Waals surface area contributed by atoms with E-state index in [9.17, 15) is 15.0 Å². The smallest absolute Gasteiger partial charge is 0.333 e. The molecule has 24 heavy (non-hydrogen) atoms. The second-order valence-electron chi connectivity index (χ2n) is 9.61. The molecule has 1 heterocycles. The lowest BCUT2D eigenvalue weighted by Gasteiger charge is -2.64. The summed E-state index contributed by atoms with van der Waals surface area (Å²) in [6, 6.07) is 0. The standard InChI is InChI=1S/C20H30O4/c1-11-12-5-6-15-18(2,3)8-7-16(21)19(15,4)14(12)10-20(23)13(11)9-17(22)24-20/h9,11-12,14-16,21,23H,5-8,10H2,1-4H3/t11-,12+,14-,15-,16+,19-,20-/m1/s1. The monoisotopic (exact) mass is 334 g/mol. The predicted molar refractivity (Wildman–Crippen MR) is 89.7 cm³/mol. The van der Waals surface area contributed by atoms with E-state index >= 15 is 0 Å². The third kappa shape index (κ3) is 1.96. The van der Waals surface area contributed by atoms with E-state index in [0.717, 1.165) is 31.3 Å². The van der Waals surface area contributed by atoms with Crippen molar-refractivity contribution < 1.29 is 19.7 Å². The Kier molecular flexibility index (Phi) is 3.35. The number of aliphatic hydroxyl groups excluding tert-OH is 1. The van der Waals surface area contributed by atoms with Crippen LogP contribution in [0.1, 0.15) is 59.8 Å². The number of ether oxygens (including phenoxy) is 1. The summed E-state index contributed by atoms with van der Waals surface area (Å²) in [5.74, 6) is -0.748. The number of fused-ring (bicyclic) bond motifs is 4. The van der Waals surface area contributed by atoms with Gasteiger partial charge in [0.15, 0.2) is 0 Å². The number of aliphatic hydroxyl groups is 2. The van der Waals surface area contributed by atoms with Gasteiger partial charge in [-0.05, 0) is 54.8 Å². The first-order valence-corrected chi connectivity index (χ1v) is 9.45. The summed E-state index contributed by atoms with van der Waals surface area (Å²) in [7, 11) is 0. The number of hydrogen-bond acceptors (Lipinski definition) is 4. The molecule has 4 heteroatoms. The minimum absolute atomic E-state index is 0.121. The van der Waals surface area contributed by atoms with E-state index in [0.29, 0.717) is 18.3 Å². The van der Waals surface area contributed by atoms with Gasteiger partial charge < -0.3 is 14.9 Å². The first kappa shape index (κ1) is 16.6. The Labute approximate surface area is 144 Å². The van der Waals surface area contributed by atoms with E-state index in [1.165, 1.54) is 6.08 Å². The first-order chi connectivity index (χ1) is 11.1. The molecular formula is C20H30O4. The number of carbonyl (C=O) groups excluding carboxylic acids is 1. The van der Waals surface area contributed by atoms with Crippen molar-refractivity contribution in [1.29, 1.82) is 0 Å². The fourth-order valence-electron chi connectivity index (χ4n) is 6.94. The summed E-state index contributed by atoms with van der Waals surface area (Å²) in [6.07, 6.45) is 5.67. The van der Waals surface area contributed by atoms with Crippen molar-refractivity contribution in [2.24, 2.45) is 34.5 Å². The minimum atomic E-state index is -1.45. The van der Waals surface area contributed by atoms with Gasteiger partial charge in [0.25, 0.3) is 0 Å². The van der Waals surface area contributed by atoms with Crippen molar-refractivity contribution in [3.8, 4) is 0 Å². The summed E-state index contributed by atoms with van der Waals surface area (Å²) < 4.78 is 5.33. The van der Waals surface area contributed by atoms with Gasteiger partial charge in [0.05, 0.1) is 6.10 Å². The lowest BCUT2D eigenvalue weighted by Crippen LogP contribution is -2.62. The van der Waals surface area contributed by atoms with E-state index in [4.69, 9.17) is 4.74 Å². The highest BCUT2D eigenvalue weighted by atomic mass is 16.7. The molecule has 4 rings (SSSR count). The van der Waals surface area contributed by atoms with Gasteiger partial charge in [-0.2, -0.15) is 0 Å². The molecule has 1 aliphatic heterocycles. The molecule has 0 bridgehead atoms. The van der Waals surface area contributed by atoms with Crippen LogP contribution in [0.4, 0.5) is 0 Å². The van der Waals surface area contributed by atoms with Crippen molar-refractivity contribution >= 4 is 5.97 Å². The van der Waals surface area contributed by atoms with Crippen molar-refractivity contribution in [2.45, 2.75) is 71.7 Å². The molecule has 0 amide bonds. The molecule has 134 valence electrons. The van der Waals surface area contributed by atoms with Crippen LogP contribution in [0, 0.1) is 34.5 Å². The van der Waals surface area contributed by atoms with Crippen LogP contribution in [0.2, 0.25) is 0 Å².